The molecule has 5 heteroatoms. The minimum Gasteiger partial charge on any atom is -0.452 e. The first-order chi connectivity index (χ1) is 18.8. The summed E-state index contributed by atoms with van der Waals surface area (Å²) in [5, 5.41) is 4.09. The van der Waals surface area contributed by atoms with Gasteiger partial charge in [-0.2, -0.15) is 0 Å². The predicted octanol–water partition coefficient (Wildman–Crippen LogP) is 8.67. The molecule has 8 aromatic rings. The summed E-state index contributed by atoms with van der Waals surface area (Å²) in [6, 6.07) is 38.3. The smallest absolute Gasteiger partial charge is 0.178 e. The van der Waals surface area contributed by atoms with E-state index in [9.17, 15) is 0 Å². The van der Waals surface area contributed by atoms with Crippen molar-refractivity contribution in [3.05, 3.63) is 115 Å². The molecule has 0 aliphatic carbocycles. The lowest BCUT2D eigenvalue weighted by Gasteiger charge is -2.08. The Balaban J connectivity index is 1.41. The molecule has 0 fully saturated rings. The predicted molar refractivity (Wildman–Crippen MR) is 151 cm³/mol. The van der Waals surface area contributed by atoms with E-state index >= 15 is 0 Å². The van der Waals surface area contributed by atoms with Gasteiger partial charge in [0.1, 0.15) is 11.2 Å². The fourth-order valence-electron chi connectivity index (χ4n) is 5.14. The van der Waals surface area contributed by atoms with Gasteiger partial charge in [0.15, 0.2) is 28.6 Å². The van der Waals surface area contributed by atoms with Crippen LogP contribution in [0.5, 0.6) is 0 Å². The summed E-state index contributed by atoms with van der Waals surface area (Å²) in [6.07, 6.45) is 0. The molecule has 5 nitrogen and oxygen atoms in total. The molecule has 3 heterocycles. The van der Waals surface area contributed by atoms with Gasteiger partial charge in [0.2, 0.25) is 0 Å². The number of benzene rings is 5. The van der Waals surface area contributed by atoms with Crippen LogP contribution >= 0.6 is 0 Å². The maximum atomic E-state index is 6.58. The van der Waals surface area contributed by atoms with Crippen LogP contribution in [0.15, 0.2) is 124 Å². The van der Waals surface area contributed by atoms with Gasteiger partial charge in [0.05, 0.1) is 5.56 Å². The molecule has 8 rings (SSSR count). The fourth-order valence-corrected chi connectivity index (χ4v) is 5.14. The van der Waals surface area contributed by atoms with Crippen molar-refractivity contribution >= 4 is 43.9 Å². The maximum Gasteiger partial charge on any atom is 0.178 e. The van der Waals surface area contributed by atoms with Crippen LogP contribution in [0.1, 0.15) is 0 Å². The normalized spacial score (nSPS) is 11.7. The zero-order valence-electron chi connectivity index (χ0n) is 20.1. The van der Waals surface area contributed by atoms with Crippen molar-refractivity contribution in [1.29, 1.82) is 0 Å². The molecule has 0 radical (unpaired) electrons. The van der Waals surface area contributed by atoms with E-state index in [0.29, 0.717) is 17.5 Å². The lowest BCUT2D eigenvalue weighted by atomic mass is 10.1. The Morgan fingerprint density at radius 2 is 0.895 bits per heavy atom. The minimum absolute atomic E-state index is 0.559. The van der Waals surface area contributed by atoms with E-state index in [4.69, 9.17) is 23.8 Å². The Labute approximate surface area is 217 Å². The van der Waals surface area contributed by atoms with Crippen LogP contribution in [0.3, 0.4) is 0 Å². The standard InChI is InChI=1S/C33H19N3O2/c1-3-10-20(11-4-1)31-34-32(21-12-5-2-6-13-21)36-33(35-31)26-16-9-15-23-25-19-18-24-22-14-7-8-17-27(22)37-29(24)30(25)38-28(23)26/h1-19H. The lowest BCUT2D eigenvalue weighted by Crippen LogP contribution is -2.00. The van der Waals surface area contributed by atoms with Gasteiger partial charge in [-0.1, -0.05) is 91.0 Å². The number of nitrogens with zero attached hydrogens (tertiary/aromatic N) is 3. The Morgan fingerprint density at radius 3 is 1.61 bits per heavy atom. The number of hydrogen-bond acceptors (Lipinski definition) is 5. The van der Waals surface area contributed by atoms with Gasteiger partial charge < -0.3 is 8.83 Å². The third kappa shape index (κ3) is 3.15. The van der Waals surface area contributed by atoms with E-state index in [0.717, 1.165) is 60.6 Å². The number of rotatable bonds is 3. The Hall–Kier alpha value is -5.29. The molecule has 38 heavy (non-hydrogen) atoms. The summed E-state index contributed by atoms with van der Waals surface area (Å²) in [5.74, 6) is 1.78. The molecule has 3 aromatic heterocycles. The third-order valence-electron chi connectivity index (χ3n) is 6.95. The van der Waals surface area contributed by atoms with Crippen molar-refractivity contribution in [2.75, 3.05) is 0 Å². The fraction of sp³-hybridized carbons (Fsp3) is 0. The minimum atomic E-state index is 0.559. The Kier molecular flexibility index (Phi) is 4.45. The van der Waals surface area contributed by atoms with Gasteiger partial charge in [0.25, 0.3) is 0 Å². The highest BCUT2D eigenvalue weighted by molar-refractivity contribution is 6.20. The zero-order chi connectivity index (χ0) is 25.1. The van der Waals surface area contributed by atoms with Crippen molar-refractivity contribution < 1.29 is 8.83 Å². The van der Waals surface area contributed by atoms with Crippen molar-refractivity contribution in [3.63, 3.8) is 0 Å². The van der Waals surface area contributed by atoms with Crippen LogP contribution in [0.2, 0.25) is 0 Å². The van der Waals surface area contributed by atoms with Crippen LogP contribution in [-0.2, 0) is 0 Å². The van der Waals surface area contributed by atoms with Crippen LogP contribution < -0.4 is 0 Å². The largest absolute Gasteiger partial charge is 0.452 e. The van der Waals surface area contributed by atoms with E-state index in [1.165, 1.54) is 0 Å². The molecule has 0 aliphatic heterocycles. The molecule has 0 aliphatic rings. The third-order valence-corrected chi connectivity index (χ3v) is 6.95. The first-order valence-electron chi connectivity index (χ1n) is 12.5. The number of para-hydroxylation sites is 2. The van der Waals surface area contributed by atoms with Gasteiger partial charge in [-0.05, 0) is 24.3 Å². The molecular formula is C33H19N3O2. The monoisotopic (exact) mass is 489 g/mol. The van der Waals surface area contributed by atoms with Gasteiger partial charge in [-0.25, -0.2) is 15.0 Å². The van der Waals surface area contributed by atoms with Crippen molar-refractivity contribution in [2.45, 2.75) is 0 Å². The summed E-state index contributed by atoms with van der Waals surface area (Å²) >= 11 is 0. The molecule has 178 valence electrons. The zero-order valence-corrected chi connectivity index (χ0v) is 20.1. The van der Waals surface area contributed by atoms with Gasteiger partial charge in [-0.3, -0.25) is 0 Å². The molecule has 0 saturated heterocycles. The highest BCUT2D eigenvalue weighted by Gasteiger charge is 2.20. The number of hydrogen-bond donors (Lipinski definition) is 0. The average Bonchev–Trinajstić information content (AvgIpc) is 3.56. The topological polar surface area (TPSA) is 65.0 Å². The Bertz CT molecular complexity index is 2070. The summed E-state index contributed by atoms with van der Waals surface area (Å²) < 4.78 is 12.8. The molecule has 0 unspecified atom stereocenters. The number of aromatic nitrogens is 3. The molecule has 0 saturated carbocycles. The van der Waals surface area contributed by atoms with E-state index < -0.39 is 0 Å². The summed E-state index contributed by atoms with van der Waals surface area (Å²) in [5.41, 5.74) is 5.69. The second-order valence-corrected chi connectivity index (χ2v) is 9.24. The lowest BCUT2D eigenvalue weighted by molar-refractivity contribution is 0.633. The van der Waals surface area contributed by atoms with Gasteiger partial charge >= 0.3 is 0 Å². The first kappa shape index (κ1) is 20.9. The quantitative estimate of drug-likeness (QED) is 0.248. The molecule has 0 amide bonds. The van der Waals surface area contributed by atoms with E-state index in [1.54, 1.807) is 0 Å². The van der Waals surface area contributed by atoms with Crippen molar-refractivity contribution in [1.82, 2.24) is 15.0 Å². The van der Waals surface area contributed by atoms with Crippen LogP contribution in [0.25, 0.3) is 78.0 Å². The van der Waals surface area contributed by atoms with Crippen LogP contribution in [0.4, 0.5) is 0 Å². The second-order valence-electron chi connectivity index (χ2n) is 9.24. The summed E-state index contributed by atoms with van der Waals surface area (Å²) in [4.78, 5) is 14.6. The number of furan rings is 2. The molecular weight excluding hydrogens is 470 g/mol. The molecule has 0 atom stereocenters. The van der Waals surface area contributed by atoms with E-state index in [2.05, 4.69) is 24.3 Å². The van der Waals surface area contributed by atoms with Gasteiger partial charge in [0, 0.05) is 32.7 Å². The van der Waals surface area contributed by atoms with Crippen molar-refractivity contribution in [2.24, 2.45) is 0 Å². The van der Waals surface area contributed by atoms with Crippen LogP contribution in [-0.4, -0.2) is 15.0 Å². The molecule has 5 aromatic carbocycles. The van der Waals surface area contributed by atoms with E-state index in [1.807, 2.05) is 91.0 Å². The SMILES string of the molecule is c1ccc(-c2nc(-c3ccccc3)nc(-c3cccc4c3oc3c4ccc4c5ccccc5oc43)n2)cc1. The Morgan fingerprint density at radius 1 is 0.368 bits per heavy atom. The molecule has 0 bridgehead atoms. The van der Waals surface area contributed by atoms with E-state index in [-0.39, 0.29) is 0 Å². The van der Waals surface area contributed by atoms with Crippen molar-refractivity contribution in [3.8, 4) is 34.2 Å². The second kappa shape index (κ2) is 8.11. The summed E-state index contributed by atoms with van der Waals surface area (Å²) in [6.45, 7) is 0. The number of fused-ring (bicyclic) bond motifs is 7. The highest BCUT2D eigenvalue weighted by Crippen LogP contribution is 2.41. The van der Waals surface area contributed by atoms with Crippen LogP contribution in [0, 0.1) is 0 Å². The molecule has 0 spiro atoms. The van der Waals surface area contributed by atoms with Gasteiger partial charge in [-0.15, -0.1) is 0 Å². The average molecular weight is 490 g/mol. The first-order valence-corrected chi connectivity index (χ1v) is 12.5. The summed E-state index contributed by atoms with van der Waals surface area (Å²) in [7, 11) is 0. The highest BCUT2D eigenvalue weighted by atomic mass is 16.4. The maximum absolute atomic E-state index is 6.58. The molecule has 0 N–H and O–H groups in total.